The van der Waals surface area contributed by atoms with Crippen molar-refractivity contribution < 1.29 is 0 Å². The highest BCUT2D eigenvalue weighted by atomic mass is 35.5. The first-order valence-corrected chi connectivity index (χ1v) is 7.74. The number of hydrogen-bond donors (Lipinski definition) is 1. The first-order chi connectivity index (χ1) is 8.33. The minimum atomic E-state index is 0.350. The third-order valence-electron chi connectivity index (χ3n) is 3.20. The summed E-state index contributed by atoms with van der Waals surface area (Å²) in [5.74, 6) is 0. The van der Waals surface area contributed by atoms with Gasteiger partial charge in [-0.25, -0.2) is 0 Å². The molecule has 0 fully saturated rings. The van der Waals surface area contributed by atoms with Crippen molar-refractivity contribution in [3.63, 3.8) is 0 Å². The molecule has 1 atom stereocenters. The van der Waals surface area contributed by atoms with E-state index in [1.807, 2.05) is 6.07 Å². The lowest BCUT2D eigenvalue weighted by Crippen LogP contribution is -2.24. The Balaban J connectivity index is 2.18. The van der Waals surface area contributed by atoms with Gasteiger partial charge in [-0.05, 0) is 50.1 Å². The van der Waals surface area contributed by atoms with E-state index in [9.17, 15) is 0 Å². The van der Waals surface area contributed by atoms with E-state index in [0.29, 0.717) is 6.04 Å². The molecule has 0 radical (unpaired) electrons. The first kappa shape index (κ1) is 13.1. The van der Waals surface area contributed by atoms with Crippen LogP contribution in [0.3, 0.4) is 0 Å². The second kappa shape index (κ2) is 6.58. The number of rotatable bonds is 5. The molecule has 0 bridgehead atoms. The van der Waals surface area contributed by atoms with Crippen molar-refractivity contribution in [2.75, 3.05) is 6.54 Å². The summed E-state index contributed by atoms with van der Waals surface area (Å²) >= 11 is 8.04. The fraction of sp³-hybridized carbons (Fsp3) is 0.571. The van der Waals surface area contributed by atoms with Gasteiger partial charge in [-0.1, -0.05) is 30.2 Å². The van der Waals surface area contributed by atoms with Crippen LogP contribution in [0.15, 0.2) is 23.1 Å². The van der Waals surface area contributed by atoms with Crippen molar-refractivity contribution in [2.24, 2.45) is 0 Å². The van der Waals surface area contributed by atoms with Gasteiger partial charge < -0.3 is 5.32 Å². The molecule has 0 aromatic carbocycles. The van der Waals surface area contributed by atoms with Gasteiger partial charge in [0.05, 0.1) is 11.1 Å². The molecule has 1 aromatic rings. The number of allylic oxidation sites excluding steroid dienone is 1. The first-order valence-electron chi connectivity index (χ1n) is 6.48. The summed E-state index contributed by atoms with van der Waals surface area (Å²) in [5, 5.41) is 6.64. The van der Waals surface area contributed by atoms with Crippen LogP contribution >= 0.6 is 22.9 Å². The van der Waals surface area contributed by atoms with Crippen molar-refractivity contribution in [1.82, 2.24) is 5.32 Å². The molecule has 1 nitrogen and oxygen atoms in total. The molecule has 94 valence electrons. The quantitative estimate of drug-likeness (QED) is 0.747. The van der Waals surface area contributed by atoms with E-state index in [1.54, 1.807) is 11.3 Å². The van der Waals surface area contributed by atoms with E-state index in [2.05, 4.69) is 23.7 Å². The minimum Gasteiger partial charge on any atom is -0.306 e. The van der Waals surface area contributed by atoms with Gasteiger partial charge in [0.25, 0.3) is 0 Å². The highest BCUT2D eigenvalue weighted by molar-refractivity contribution is 7.10. The summed E-state index contributed by atoms with van der Waals surface area (Å²) in [6.07, 6.45) is 8.67. The van der Waals surface area contributed by atoms with Crippen molar-refractivity contribution in [3.8, 4) is 0 Å². The molecule has 0 aliphatic heterocycles. The van der Waals surface area contributed by atoms with E-state index < -0.39 is 0 Å². The van der Waals surface area contributed by atoms with Crippen molar-refractivity contribution in [2.45, 2.75) is 45.1 Å². The van der Waals surface area contributed by atoms with Gasteiger partial charge in [-0.3, -0.25) is 0 Å². The molecule has 1 unspecified atom stereocenters. The third-order valence-corrected chi connectivity index (χ3v) is 4.63. The molecular formula is C14H20ClNS. The summed E-state index contributed by atoms with van der Waals surface area (Å²) in [4.78, 5) is 1.29. The maximum atomic E-state index is 6.28. The average molecular weight is 270 g/mol. The van der Waals surface area contributed by atoms with Crippen LogP contribution in [0.1, 0.15) is 49.9 Å². The Kier molecular flexibility index (Phi) is 5.08. The topological polar surface area (TPSA) is 12.0 Å². The van der Waals surface area contributed by atoms with Gasteiger partial charge in [0.1, 0.15) is 0 Å². The lowest BCUT2D eigenvalue weighted by atomic mass is 9.93. The average Bonchev–Trinajstić information content (AvgIpc) is 2.78. The maximum absolute atomic E-state index is 6.28. The standard InChI is InChI=1S/C14H20ClNS/c1-2-9-16-13(11-6-4-3-5-7-11)14-12(15)8-10-17-14/h6,8,10,13,16H,2-5,7,9H2,1H3. The number of nitrogens with one attached hydrogen (secondary N) is 1. The van der Waals surface area contributed by atoms with Crippen LogP contribution in [0, 0.1) is 0 Å². The molecule has 1 aromatic heterocycles. The summed E-state index contributed by atoms with van der Waals surface area (Å²) in [6, 6.07) is 2.36. The number of halogens is 1. The van der Waals surface area contributed by atoms with Gasteiger partial charge in [0, 0.05) is 4.88 Å². The predicted molar refractivity (Wildman–Crippen MR) is 76.9 cm³/mol. The molecule has 17 heavy (non-hydrogen) atoms. The van der Waals surface area contributed by atoms with Crippen LogP contribution in [-0.4, -0.2) is 6.54 Å². The van der Waals surface area contributed by atoms with Gasteiger partial charge in [0.2, 0.25) is 0 Å². The monoisotopic (exact) mass is 269 g/mol. The smallest absolute Gasteiger partial charge is 0.0645 e. The van der Waals surface area contributed by atoms with Crippen molar-refractivity contribution in [1.29, 1.82) is 0 Å². The van der Waals surface area contributed by atoms with E-state index in [1.165, 1.54) is 36.1 Å². The molecule has 0 amide bonds. The zero-order chi connectivity index (χ0) is 12.1. The Labute approximate surface area is 113 Å². The zero-order valence-corrected chi connectivity index (χ0v) is 11.9. The molecule has 3 heteroatoms. The molecule has 2 rings (SSSR count). The molecule has 0 saturated carbocycles. The van der Waals surface area contributed by atoms with Crippen LogP contribution in [-0.2, 0) is 0 Å². The third kappa shape index (κ3) is 3.34. The number of thiophene rings is 1. The van der Waals surface area contributed by atoms with E-state index >= 15 is 0 Å². The fourth-order valence-corrected chi connectivity index (χ4v) is 3.60. The molecule has 1 aliphatic carbocycles. The van der Waals surface area contributed by atoms with Crippen molar-refractivity contribution in [3.05, 3.63) is 33.0 Å². The largest absolute Gasteiger partial charge is 0.306 e. The minimum absolute atomic E-state index is 0.350. The van der Waals surface area contributed by atoms with E-state index in [4.69, 9.17) is 11.6 Å². The molecule has 0 saturated heterocycles. The molecule has 0 spiro atoms. The normalized spacial score (nSPS) is 17.9. The maximum Gasteiger partial charge on any atom is 0.0645 e. The van der Waals surface area contributed by atoms with Crippen LogP contribution in [0.25, 0.3) is 0 Å². The Morgan fingerprint density at radius 3 is 2.94 bits per heavy atom. The Bertz CT molecular complexity index is 383. The summed E-state index contributed by atoms with van der Waals surface area (Å²) in [5.41, 5.74) is 1.54. The second-order valence-electron chi connectivity index (χ2n) is 4.54. The Morgan fingerprint density at radius 1 is 1.47 bits per heavy atom. The summed E-state index contributed by atoms with van der Waals surface area (Å²) in [6.45, 7) is 3.26. The van der Waals surface area contributed by atoms with Gasteiger partial charge in [-0.15, -0.1) is 11.3 Å². The van der Waals surface area contributed by atoms with Crippen LogP contribution < -0.4 is 5.32 Å². The van der Waals surface area contributed by atoms with Crippen molar-refractivity contribution >= 4 is 22.9 Å². The van der Waals surface area contributed by atoms with Crippen LogP contribution in [0.4, 0.5) is 0 Å². The van der Waals surface area contributed by atoms with E-state index in [-0.39, 0.29) is 0 Å². The number of hydrogen-bond acceptors (Lipinski definition) is 2. The zero-order valence-electron chi connectivity index (χ0n) is 10.3. The van der Waals surface area contributed by atoms with Crippen LogP contribution in [0.2, 0.25) is 5.02 Å². The van der Waals surface area contributed by atoms with Gasteiger partial charge in [0.15, 0.2) is 0 Å². The SMILES string of the molecule is CCCNC(C1=CCCCC1)c1sccc1Cl. The molecule has 1 N–H and O–H groups in total. The lowest BCUT2D eigenvalue weighted by Gasteiger charge is -2.24. The van der Waals surface area contributed by atoms with Gasteiger partial charge >= 0.3 is 0 Å². The fourth-order valence-electron chi connectivity index (χ4n) is 2.32. The highest BCUT2D eigenvalue weighted by Gasteiger charge is 2.20. The Hall–Kier alpha value is -0.310. The molecule has 1 aliphatic rings. The van der Waals surface area contributed by atoms with E-state index in [0.717, 1.165) is 18.0 Å². The predicted octanol–water partition coefficient (Wildman–Crippen LogP) is 4.94. The molecular weight excluding hydrogens is 250 g/mol. The summed E-state index contributed by atoms with van der Waals surface area (Å²) < 4.78 is 0. The Morgan fingerprint density at radius 2 is 2.35 bits per heavy atom. The summed E-state index contributed by atoms with van der Waals surface area (Å²) in [7, 11) is 0. The van der Waals surface area contributed by atoms with Gasteiger partial charge in [-0.2, -0.15) is 0 Å². The second-order valence-corrected chi connectivity index (χ2v) is 5.90. The lowest BCUT2D eigenvalue weighted by molar-refractivity contribution is 0.552. The molecule has 1 heterocycles. The van der Waals surface area contributed by atoms with Crippen LogP contribution in [0.5, 0.6) is 0 Å². The highest BCUT2D eigenvalue weighted by Crippen LogP contribution is 2.36.